The van der Waals surface area contributed by atoms with Crippen molar-refractivity contribution in [2.45, 2.75) is 30.3 Å². The third kappa shape index (κ3) is 5.92. The van der Waals surface area contributed by atoms with Crippen LogP contribution in [0.1, 0.15) is 18.4 Å². The molecule has 0 unspecified atom stereocenters. The number of benzene rings is 3. The van der Waals surface area contributed by atoms with Gasteiger partial charge in [0, 0.05) is 37.7 Å². The maximum absolute atomic E-state index is 13.0. The van der Waals surface area contributed by atoms with Crippen molar-refractivity contribution >= 4 is 38.3 Å². The molecule has 0 bridgehead atoms. The summed E-state index contributed by atoms with van der Waals surface area (Å²) in [4.78, 5) is 15.1. The minimum absolute atomic E-state index is 0.0516. The fourth-order valence-corrected chi connectivity index (χ4v) is 5.44. The highest BCUT2D eigenvalue weighted by atomic mass is 35.5. The molecule has 0 spiro atoms. The van der Waals surface area contributed by atoms with Crippen LogP contribution in [0.3, 0.4) is 0 Å². The number of nitrogens with zero attached hydrogens (tertiary/aromatic N) is 2. The largest absolute Gasteiger partial charge is 0.352 e. The summed E-state index contributed by atoms with van der Waals surface area (Å²) in [6, 6.07) is 20.5. The maximum atomic E-state index is 13.0. The van der Waals surface area contributed by atoms with Gasteiger partial charge in [-0.05, 0) is 53.4 Å². The fourth-order valence-electron chi connectivity index (χ4n) is 4.15. The van der Waals surface area contributed by atoms with Gasteiger partial charge in [-0.15, -0.1) is 0 Å². The fraction of sp³-hybridized carbons (Fsp3) is 0.320. The second-order valence-electron chi connectivity index (χ2n) is 8.51. The number of carbonyl (C=O) groups excluding carboxylic acids is 1. The first-order chi connectivity index (χ1) is 15.8. The quantitative estimate of drug-likeness (QED) is 0.551. The van der Waals surface area contributed by atoms with Gasteiger partial charge in [-0.1, -0.05) is 54.1 Å². The Bertz CT molecular complexity index is 1220. The SMILES string of the molecule is CN(CC(=O)NC1CCN(Cc2ccc(Cl)cc2)CC1)S(=O)(=O)c1ccc2ccccc2c1. The van der Waals surface area contributed by atoms with Crippen LogP contribution < -0.4 is 5.32 Å². The predicted octanol–water partition coefficient (Wildman–Crippen LogP) is 3.89. The molecule has 1 saturated heterocycles. The van der Waals surface area contributed by atoms with E-state index >= 15 is 0 Å². The number of hydrogen-bond acceptors (Lipinski definition) is 4. The minimum Gasteiger partial charge on any atom is -0.352 e. The zero-order valence-electron chi connectivity index (χ0n) is 18.6. The average Bonchev–Trinajstić information content (AvgIpc) is 2.81. The molecule has 0 atom stereocenters. The molecule has 1 aliphatic heterocycles. The van der Waals surface area contributed by atoms with Gasteiger partial charge in [0.05, 0.1) is 11.4 Å². The molecule has 1 heterocycles. The molecule has 3 aromatic rings. The van der Waals surface area contributed by atoms with Gasteiger partial charge in [0.15, 0.2) is 0 Å². The Balaban J connectivity index is 1.28. The lowest BCUT2D eigenvalue weighted by Gasteiger charge is -2.32. The van der Waals surface area contributed by atoms with Crippen LogP contribution in [0, 0.1) is 0 Å². The highest BCUT2D eigenvalue weighted by molar-refractivity contribution is 7.89. The number of likely N-dealkylation sites (tertiary alicyclic amines) is 1. The Morgan fingerprint density at radius 2 is 1.70 bits per heavy atom. The van der Waals surface area contributed by atoms with Crippen molar-refractivity contribution in [1.82, 2.24) is 14.5 Å². The monoisotopic (exact) mass is 485 g/mol. The molecule has 0 radical (unpaired) electrons. The van der Waals surface area contributed by atoms with Crippen LogP contribution >= 0.6 is 11.6 Å². The molecule has 1 aliphatic rings. The van der Waals surface area contributed by atoms with E-state index in [-0.39, 0.29) is 23.4 Å². The van der Waals surface area contributed by atoms with Crippen LogP contribution in [0.5, 0.6) is 0 Å². The molecule has 1 fully saturated rings. The Labute approximate surface area is 200 Å². The third-order valence-electron chi connectivity index (χ3n) is 6.07. The number of rotatable bonds is 7. The number of likely N-dealkylation sites (N-methyl/N-ethyl adjacent to an activating group) is 1. The van der Waals surface area contributed by atoms with E-state index in [9.17, 15) is 13.2 Å². The van der Waals surface area contributed by atoms with Crippen LogP contribution in [-0.4, -0.2) is 56.3 Å². The lowest BCUT2D eigenvalue weighted by molar-refractivity contribution is -0.122. The summed E-state index contributed by atoms with van der Waals surface area (Å²) in [5.74, 6) is -0.280. The van der Waals surface area contributed by atoms with Gasteiger partial charge >= 0.3 is 0 Å². The second-order valence-corrected chi connectivity index (χ2v) is 11.0. The van der Waals surface area contributed by atoms with Crippen molar-refractivity contribution in [2.24, 2.45) is 0 Å². The number of halogens is 1. The van der Waals surface area contributed by atoms with Gasteiger partial charge in [0.1, 0.15) is 0 Å². The zero-order valence-corrected chi connectivity index (χ0v) is 20.1. The summed E-state index contributed by atoms with van der Waals surface area (Å²) < 4.78 is 27.1. The number of fused-ring (bicyclic) bond motifs is 1. The van der Waals surface area contributed by atoms with E-state index < -0.39 is 10.0 Å². The Hall–Kier alpha value is -2.45. The number of hydrogen-bond donors (Lipinski definition) is 1. The van der Waals surface area contributed by atoms with Gasteiger partial charge in [0.2, 0.25) is 15.9 Å². The number of amides is 1. The molecule has 4 rings (SSSR count). The standard InChI is InChI=1S/C25H28ClN3O3S/c1-28(33(31,32)24-11-8-20-4-2-3-5-21(20)16-24)18-25(30)27-23-12-14-29(15-13-23)17-19-6-9-22(26)10-7-19/h2-11,16,23H,12-15,17-18H2,1H3,(H,27,30). The molecule has 1 amide bonds. The van der Waals surface area contributed by atoms with Crippen LogP contribution in [0.2, 0.25) is 5.02 Å². The number of carbonyl (C=O) groups is 1. The van der Waals surface area contributed by atoms with Crippen molar-refractivity contribution in [3.8, 4) is 0 Å². The van der Waals surface area contributed by atoms with Gasteiger partial charge in [-0.2, -0.15) is 4.31 Å². The molecular weight excluding hydrogens is 458 g/mol. The van der Waals surface area contributed by atoms with Crippen molar-refractivity contribution in [2.75, 3.05) is 26.7 Å². The molecule has 33 heavy (non-hydrogen) atoms. The lowest BCUT2D eigenvalue weighted by Crippen LogP contribution is -2.47. The average molecular weight is 486 g/mol. The smallest absolute Gasteiger partial charge is 0.243 e. The zero-order chi connectivity index (χ0) is 23.4. The van der Waals surface area contributed by atoms with E-state index in [1.165, 1.54) is 12.6 Å². The van der Waals surface area contributed by atoms with Gasteiger partial charge in [-0.3, -0.25) is 9.69 Å². The van der Waals surface area contributed by atoms with E-state index in [1.807, 2.05) is 48.5 Å². The van der Waals surface area contributed by atoms with Crippen LogP contribution in [-0.2, 0) is 21.4 Å². The molecule has 174 valence electrons. The number of sulfonamides is 1. The van der Waals surface area contributed by atoms with Crippen molar-refractivity contribution in [1.29, 1.82) is 0 Å². The summed E-state index contributed by atoms with van der Waals surface area (Å²) in [7, 11) is -2.31. The van der Waals surface area contributed by atoms with Crippen molar-refractivity contribution in [3.05, 3.63) is 77.3 Å². The molecule has 0 aromatic heterocycles. The van der Waals surface area contributed by atoms with Gasteiger partial charge in [0.25, 0.3) is 0 Å². The summed E-state index contributed by atoms with van der Waals surface area (Å²) >= 11 is 5.95. The van der Waals surface area contributed by atoms with Gasteiger partial charge in [-0.25, -0.2) is 8.42 Å². The summed E-state index contributed by atoms with van der Waals surface area (Å²) in [6.45, 7) is 2.39. The predicted molar refractivity (Wildman–Crippen MR) is 132 cm³/mol. The normalized spacial score (nSPS) is 15.7. The molecule has 8 heteroatoms. The molecule has 0 saturated carbocycles. The van der Waals surface area contributed by atoms with Crippen LogP contribution in [0.4, 0.5) is 0 Å². The third-order valence-corrected chi connectivity index (χ3v) is 8.12. The van der Waals surface area contributed by atoms with E-state index in [0.29, 0.717) is 0 Å². The number of piperidine rings is 1. The molecule has 3 aromatic carbocycles. The highest BCUT2D eigenvalue weighted by Crippen LogP contribution is 2.21. The maximum Gasteiger partial charge on any atom is 0.243 e. The second kappa shape index (κ2) is 10.2. The minimum atomic E-state index is -3.76. The Kier molecular flexibility index (Phi) is 7.34. The topological polar surface area (TPSA) is 69.7 Å². The summed E-state index contributed by atoms with van der Waals surface area (Å²) in [6.07, 6.45) is 1.67. The molecule has 0 aliphatic carbocycles. The first kappa shape index (κ1) is 23.7. The number of nitrogens with one attached hydrogen (secondary N) is 1. The molecule has 1 N–H and O–H groups in total. The summed E-state index contributed by atoms with van der Waals surface area (Å²) in [5, 5.41) is 5.56. The Morgan fingerprint density at radius 1 is 1.03 bits per heavy atom. The van der Waals surface area contributed by atoms with E-state index in [1.54, 1.807) is 18.2 Å². The van der Waals surface area contributed by atoms with E-state index in [4.69, 9.17) is 11.6 Å². The van der Waals surface area contributed by atoms with E-state index in [2.05, 4.69) is 10.2 Å². The first-order valence-electron chi connectivity index (χ1n) is 11.0. The lowest BCUT2D eigenvalue weighted by atomic mass is 10.0. The molecular formula is C25H28ClN3O3S. The van der Waals surface area contributed by atoms with E-state index in [0.717, 1.165) is 52.6 Å². The first-order valence-corrected chi connectivity index (χ1v) is 12.8. The summed E-state index contributed by atoms with van der Waals surface area (Å²) in [5.41, 5.74) is 1.21. The molecule has 6 nitrogen and oxygen atoms in total. The van der Waals surface area contributed by atoms with Crippen LogP contribution in [0.25, 0.3) is 10.8 Å². The Morgan fingerprint density at radius 3 is 2.39 bits per heavy atom. The van der Waals surface area contributed by atoms with Crippen molar-refractivity contribution in [3.63, 3.8) is 0 Å². The van der Waals surface area contributed by atoms with Crippen molar-refractivity contribution < 1.29 is 13.2 Å². The van der Waals surface area contributed by atoms with Gasteiger partial charge < -0.3 is 5.32 Å². The highest BCUT2D eigenvalue weighted by Gasteiger charge is 2.25. The van der Waals surface area contributed by atoms with Crippen LogP contribution in [0.15, 0.2) is 71.6 Å².